The van der Waals surface area contributed by atoms with Gasteiger partial charge in [-0.3, -0.25) is 4.79 Å². The molecule has 0 aromatic carbocycles. The maximum Gasteiger partial charge on any atom is 0.220 e. The Kier molecular flexibility index (Phi) is 40.2. The predicted octanol–water partition coefficient (Wildman–Crippen LogP) is 12.8. The number of hydrogen-bond donors (Lipinski definition) is 4. The quantitative estimate of drug-likeness (QED) is 0.0375. The van der Waals surface area contributed by atoms with E-state index in [-0.39, 0.29) is 12.5 Å². The molecule has 0 heterocycles. The summed E-state index contributed by atoms with van der Waals surface area (Å²) < 4.78 is 0. The molecule has 1 amide bonds. The molecule has 0 spiro atoms. The van der Waals surface area contributed by atoms with Crippen LogP contribution in [0.3, 0.4) is 0 Å². The van der Waals surface area contributed by atoms with Gasteiger partial charge in [0.15, 0.2) is 0 Å². The minimum absolute atomic E-state index is 0.161. The minimum Gasteiger partial charge on any atom is -0.394 e. The van der Waals surface area contributed by atoms with Gasteiger partial charge in [0.2, 0.25) is 5.91 Å². The Bertz CT molecular complexity index is 794. The second-order valence-electron chi connectivity index (χ2n) is 15.2. The summed E-state index contributed by atoms with van der Waals surface area (Å²) in [6.07, 6.45) is 51.3. The average molecular weight is 718 g/mol. The van der Waals surface area contributed by atoms with Crippen molar-refractivity contribution in [2.24, 2.45) is 0 Å². The van der Waals surface area contributed by atoms with Crippen molar-refractivity contribution in [1.29, 1.82) is 0 Å². The zero-order valence-corrected chi connectivity index (χ0v) is 34.0. The van der Waals surface area contributed by atoms with E-state index in [1.807, 2.05) is 0 Å². The lowest BCUT2D eigenvalue weighted by atomic mass is 10.0. The van der Waals surface area contributed by atoms with Gasteiger partial charge in [0, 0.05) is 6.42 Å². The number of aliphatic hydroxyl groups excluding tert-OH is 3. The SMILES string of the molecule is CCCC/C=C/CC/C=C/CCCC(O)C(O)C(CO)NC(=O)CCCCCCCCCCCC/C=C\CCCCCCCCCCCCCC. The highest BCUT2D eigenvalue weighted by Crippen LogP contribution is 2.15. The summed E-state index contributed by atoms with van der Waals surface area (Å²) in [5.74, 6) is -0.161. The zero-order valence-electron chi connectivity index (χ0n) is 34.0. The molecule has 5 heteroatoms. The van der Waals surface area contributed by atoms with Gasteiger partial charge < -0.3 is 20.6 Å². The number of unbranched alkanes of at least 4 members (excludes halogenated alkanes) is 26. The van der Waals surface area contributed by atoms with Crippen LogP contribution in [0, 0.1) is 0 Å². The number of rotatable bonds is 40. The smallest absolute Gasteiger partial charge is 0.220 e. The van der Waals surface area contributed by atoms with E-state index < -0.39 is 18.2 Å². The first-order valence-electron chi connectivity index (χ1n) is 22.3. The summed E-state index contributed by atoms with van der Waals surface area (Å²) in [4.78, 5) is 12.4. The monoisotopic (exact) mass is 718 g/mol. The maximum absolute atomic E-state index is 12.4. The number of allylic oxidation sites excluding steroid dienone is 6. The van der Waals surface area contributed by atoms with Crippen LogP contribution in [0.1, 0.15) is 226 Å². The van der Waals surface area contributed by atoms with Gasteiger partial charge in [-0.1, -0.05) is 185 Å². The van der Waals surface area contributed by atoms with Gasteiger partial charge in [-0.2, -0.15) is 0 Å². The van der Waals surface area contributed by atoms with Crippen LogP contribution in [0.15, 0.2) is 36.5 Å². The molecule has 0 aromatic rings. The van der Waals surface area contributed by atoms with E-state index in [1.165, 1.54) is 148 Å². The van der Waals surface area contributed by atoms with Crippen molar-refractivity contribution < 1.29 is 20.1 Å². The van der Waals surface area contributed by atoms with Crippen LogP contribution in [0.5, 0.6) is 0 Å². The standard InChI is InChI=1S/C46H87NO4/c1-3-5-7-9-11-13-15-16-17-18-19-20-21-22-23-24-25-26-27-28-29-31-33-35-37-39-41-45(50)47-43(42-48)46(51)44(49)40-38-36-34-32-30-14-12-10-8-6-4-2/h10,12,22-23,32,34,43-44,46,48-49,51H,3-9,11,13-21,24-31,33,35-42H2,1-2H3,(H,47,50)/b12-10+,23-22-,34-32+. The molecule has 3 atom stereocenters. The van der Waals surface area contributed by atoms with E-state index in [4.69, 9.17) is 0 Å². The molecule has 3 unspecified atom stereocenters. The molecule has 300 valence electrons. The number of nitrogens with one attached hydrogen (secondary N) is 1. The van der Waals surface area contributed by atoms with Crippen LogP contribution in [0.4, 0.5) is 0 Å². The van der Waals surface area contributed by atoms with Crippen LogP contribution in [0.2, 0.25) is 0 Å². The first kappa shape index (κ1) is 49.6. The molecule has 5 nitrogen and oxygen atoms in total. The molecule has 0 rings (SSSR count). The van der Waals surface area contributed by atoms with Crippen LogP contribution in [-0.4, -0.2) is 46.1 Å². The molecule has 51 heavy (non-hydrogen) atoms. The molecule has 0 bridgehead atoms. The fourth-order valence-corrected chi connectivity index (χ4v) is 6.69. The molecule has 0 saturated carbocycles. The normalized spacial score (nSPS) is 13.9. The summed E-state index contributed by atoms with van der Waals surface area (Å²) >= 11 is 0. The third-order valence-corrected chi connectivity index (χ3v) is 10.2. The summed E-state index contributed by atoms with van der Waals surface area (Å²) in [6.45, 7) is 4.11. The second-order valence-corrected chi connectivity index (χ2v) is 15.2. The van der Waals surface area contributed by atoms with Crippen molar-refractivity contribution >= 4 is 5.91 Å². The van der Waals surface area contributed by atoms with E-state index >= 15 is 0 Å². The Morgan fingerprint density at radius 1 is 0.471 bits per heavy atom. The van der Waals surface area contributed by atoms with Crippen LogP contribution in [-0.2, 0) is 4.79 Å². The van der Waals surface area contributed by atoms with Crippen molar-refractivity contribution in [2.75, 3.05) is 6.61 Å². The van der Waals surface area contributed by atoms with E-state index in [1.54, 1.807) is 0 Å². The summed E-state index contributed by atoms with van der Waals surface area (Å²) in [5.41, 5.74) is 0. The van der Waals surface area contributed by atoms with Gasteiger partial charge in [0.1, 0.15) is 6.10 Å². The topological polar surface area (TPSA) is 89.8 Å². The molecule has 0 fully saturated rings. The Morgan fingerprint density at radius 2 is 0.824 bits per heavy atom. The molecular formula is C46H87NO4. The molecule has 0 radical (unpaired) electrons. The maximum atomic E-state index is 12.4. The lowest BCUT2D eigenvalue weighted by Gasteiger charge is -2.26. The Balaban J connectivity index is 3.58. The summed E-state index contributed by atoms with van der Waals surface area (Å²) in [6, 6.07) is -0.831. The molecular weight excluding hydrogens is 631 g/mol. The molecule has 0 aromatic heterocycles. The third kappa shape index (κ3) is 36.7. The van der Waals surface area contributed by atoms with Gasteiger partial charge in [0.25, 0.3) is 0 Å². The molecule has 4 N–H and O–H groups in total. The third-order valence-electron chi connectivity index (χ3n) is 10.2. The summed E-state index contributed by atoms with van der Waals surface area (Å²) in [7, 11) is 0. The van der Waals surface area contributed by atoms with Gasteiger partial charge in [-0.15, -0.1) is 0 Å². The van der Waals surface area contributed by atoms with Crippen LogP contribution < -0.4 is 5.32 Å². The highest BCUT2D eigenvalue weighted by Gasteiger charge is 2.26. The number of carbonyl (C=O) groups is 1. The van der Waals surface area contributed by atoms with Crippen molar-refractivity contribution in [3.8, 4) is 0 Å². The average Bonchev–Trinajstić information content (AvgIpc) is 3.13. The Morgan fingerprint density at radius 3 is 1.25 bits per heavy atom. The first-order chi connectivity index (χ1) is 25.1. The Labute approximate surface area is 317 Å². The van der Waals surface area contributed by atoms with Crippen molar-refractivity contribution in [2.45, 2.75) is 244 Å². The fraction of sp³-hybridized carbons (Fsp3) is 0.848. The molecule has 0 aliphatic heterocycles. The number of hydrogen-bond acceptors (Lipinski definition) is 4. The molecule has 0 saturated heterocycles. The van der Waals surface area contributed by atoms with E-state index in [0.29, 0.717) is 12.8 Å². The molecule has 0 aliphatic carbocycles. The van der Waals surface area contributed by atoms with Crippen LogP contribution >= 0.6 is 0 Å². The minimum atomic E-state index is -1.17. The summed E-state index contributed by atoms with van der Waals surface area (Å²) in [5, 5.41) is 33.4. The second kappa shape index (κ2) is 41.3. The van der Waals surface area contributed by atoms with E-state index in [2.05, 4.69) is 55.6 Å². The molecule has 0 aliphatic rings. The zero-order chi connectivity index (χ0) is 37.3. The lowest BCUT2D eigenvalue weighted by molar-refractivity contribution is -0.124. The van der Waals surface area contributed by atoms with Gasteiger partial charge in [-0.05, 0) is 70.6 Å². The number of amides is 1. The van der Waals surface area contributed by atoms with Crippen LogP contribution in [0.25, 0.3) is 0 Å². The Hall–Kier alpha value is -1.43. The number of aliphatic hydroxyl groups is 3. The highest BCUT2D eigenvalue weighted by molar-refractivity contribution is 5.76. The first-order valence-corrected chi connectivity index (χ1v) is 22.3. The van der Waals surface area contributed by atoms with Gasteiger partial charge in [0.05, 0.1) is 18.8 Å². The fourth-order valence-electron chi connectivity index (χ4n) is 6.69. The van der Waals surface area contributed by atoms with Gasteiger partial charge >= 0.3 is 0 Å². The lowest BCUT2D eigenvalue weighted by Crippen LogP contribution is -2.50. The van der Waals surface area contributed by atoms with E-state index in [0.717, 1.165) is 51.4 Å². The van der Waals surface area contributed by atoms with Crippen molar-refractivity contribution in [1.82, 2.24) is 5.32 Å². The van der Waals surface area contributed by atoms with Crippen molar-refractivity contribution in [3.05, 3.63) is 36.5 Å². The van der Waals surface area contributed by atoms with Gasteiger partial charge in [-0.25, -0.2) is 0 Å². The number of carbonyl (C=O) groups excluding carboxylic acids is 1. The highest BCUT2D eigenvalue weighted by atomic mass is 16.3. The van der Waals surface area contributed by atoms with Crippen molar-refractivity contribution in [3.63, 3.8) is 0 Å². The van der Waals surface area contributed by atoms with E-state index in [9.17, 15) is 20.1 Å². The largest absolute Gasteiger partial charge is 0.394 e. The predicted molar refractivity (Wildman–Crippen MR) is 222 cm³/mol.